The first-order valence-corrected chi connectivity index (χ1v) is 7.04. The summed E-state index contributed by atoms with van der Waals surface area (Å²) in [7, 11) is 0. The summed E-state index contributed by atoms with van der Waals surface area (Å²) in [4.78, 5) is 14.6. The smallest absolute Gasteiger partial charge is 0.136 e. The van der Waals surface area contributed by atoms with Crippen molar-refractivity contribution < 1.29 is 15.0 Å². The van der Waals surface area contributed by atoms with E-state index in [1.165, 1.54) is 10.5 Å². The molecule has 1 amide bonds. The van der Waals surface area contributed by atoms with Gasteiger partial charge >= 0.3 is 0 Å². The lowest BCUT2D eigenvalue weighted by molar-refractivity contribution is -0.270. The van der Waals surface area contributed by atoms with Crippen molar-refractivity contribution in [3.63, 3.8) is 0 Å². The quantitative estimate of drug-likeness (QED) is 0.808. The molecule has 0 aromatic heterocycles. The number of nitrogens with zero attached hydrogens (tertiary/aromatic N) is 2. The highest BCUT2D eigenvalue weighted by molar-refractivity contribution is 5.62. The number of fused-ring (bicyclic) bond motifs is 2. The van der Waals surface area contributed by atoms with Crippen LogP contribution in [0.15, 0.2) is 30.3 Å². The van der Waals surface area contributed by atoms with Gasteiger partial charge in [0.25, 0.3) is 0 Å². The number of hydrogen-bond acceptors (Lipinski definition) is 4. The fourth-order valence-corrected chi connectivity index (χ4v) is 3.43. The van der Waals surface area contributed by atoms with E-state index in [4.69, 9.17) is 0 Å². The second kappa shape index (κ2) is 5.42. The van der Waals surface area contributed by atoms with Gasteiger partial charge in [-0.25, -0.2) is 0 Å². The SMILES string of the molecule is O=C([O-])N1CC2CN(Cc3ccccc3)CC(C1)C2O. The number of aliphatic hydroxyl groups is 1. The van der Waals surface area contributed by atoms with Gasteiger partial charge in [-0.2, -0.15) is 0 Å². The summed E-state index contributed by atoms with van der Waals surface area (Å²) >= 11 is 0. The van der Waals surface area contributed by atoms with Crippen LogP contribution in [0.2, 0.25) is 0 Å². The Morgan fingerprint density at radius 1 is 1.15 bits per heavy atom. The third kappa shape index (κ3) is 2.64. The van der Waals surface area contributed by atoms with Gasteiger partial charge in [0.2, 0.25) is 0 Å². The number of amides is 1. The first-order valence-electron chi connectivity index (χ1n) is 7.04. The largest absolute Gasteiger partial charge is 0.530 e. The van der Waals surface area contributed by atoms with Gasteiger partial charge in [-0.3, -0.25) is 4.90 Å². The summed E-state index contributed by atoms with van der Waals surface area (Å²) in [5.41, 5.74) is 1.25. The van der Waals surface area contributed by atoms with E-state index in [2.05, 4.69) is 17.0 Å². The van der Waals surface area contributed by atoms with Gasteiger partial charge in [0.05, 0.1) is 6.10 Å². The minimum absolute atomic E-state index is 0.0101. The highest BCUT2D eigenvalue weighted by Crippen LogP contribution is 2.29. The van der Waals surface area contributed by atoms with E-state index in [-0.39, 0.29) is 11.8 Å². The standard InChI is InChI=1S/C15H20N2O3/c18-14-12-7-16(6-11-4-2-1-3-5-11)8-13(14)10-17(9-12)15(19)20/h1-5,12-14,18H,6-10H2,(H,19,20)/p-1. The van der Waals surface area contributed by atoms with Gasteiger partial charge in [0, 0.05) is 44.6 Å². The van der Waals surface area contributed by atoms with Crippen molar-refractivity contribution in [3.05, 3.63) is 35.9 Å². The molecule has 2 atom stereocenters. The Labute approximate surface area is 118 Å². The highest BCUT2D eigenvalue weighted by Gasteiger charge is 2.41. The number of rotatable bonds is 2. The molecule has 0 saturated carbocycles. The number of carbonyl (C=O) groups excluding carboxylic acids is 1. The maximum absolute atomic E-state index is 11.0. The van der Waals surface area contributed by atoms with Crippen LogP contribution in [0.4, 0.5) is 4.79 Å². The zero-order valence-corrected chi connectivity index (χ0v) is 11.3. The van der Waals surface area contributed by atoms with Crippen molar-refractivity contribution in [2.45, 2.75) is 12.6 Å². The van der Waals surface area contributed by atoms with E-state index >= 15 is 0 Å². The van der Waals surface area contributed by atoms with Gasteiger partial charge in [-0.05, 0) is 5.56 Å². The summed E-state index contributed by atoms with van der Waals surface area (Å²) in [5.74, 6) is -0.0202. The first-order chi connectivity index (χ1) is 9.63. The molecular weight excluding hydrogens is 256 g/mol. The molecule has 2 aliphatic heterocycles. The molecule has 5 heteroatoms. The van der Waals surface area contributed by atoms with Crippen LogP contribution in [-0.2, 0) is 6.54 Å². The Kier molecular flexibility index (Phi) is 3.63. The molecule has 5 nitrogen and oxygen atoms in total. The monoisotopic (exact) mass is 275 g/mol. The Balaban J connectivity index is 1.67. The van der Waals surface area contributed by atoms with Crippen molar-refractivity contribution in [1.29, 1.82) is 0 Å². The fraction of sp³-hybridized carbons (Fsp3) is 0.533. The molecule has 2 bridgehead atoms. The maximum Gasteiger partial charge on any atom is 0.136 e. The summed E-state index contributed by atoms with van der Waals surface area (Å²) in [6, 6.07) is 10.2. The van der Waals surface area contributed by atoms with Gasteiger partial charge in [0.15, 0.2) is 0 Å². The molecule has 2 heterocycles. The summed E-state index contributed by atoms with van der Waals surface area (Å²) in [5, 5.41) is 21.2. The molecular formula is C15H19N2O3-. The van der Waals surface area contributed by atoms with Crippen molar-refractivity contribution in [2.24, 2.45) is 11.8 Å². The third-order valence-corrected chi connectivity index (χ3v) is 4.37. The second-order valence-electron chi connectivity index (χ2n) is 5.86. The van der Waals surface area contributed by atoms with Crippen LogP contribution >= 0.6 is 0 Å². The molecule has 0 radical (unpaired) electrons. The van der Waals surface area contributed by atoms with E-state index in [1.54, 1.807) is 0 Å². The Morgan fingerprint density at radius 2 is 1.75 bits per heavy atom. The highest BCUT2D eigenvalue weighted by atomic mass is 16.4. The molecule has 20 heavy (non-hydrogen) atoms. The summed E-state index contributed by atoms with van der Waals surface area (Å²) < 4.78 is 0. The van der Waals surface area contributed by atoms with Gasteiger partial charge in [-0.15, -0.1) is 0 Å². The van der Waals surface area contributed by atoms with Crippen LogP contribution in [0.1, 0.15) is 5.56 Å². The minimum atomic E-state index is -1.12. The van der Waals surface area contributed by atoms with E-state index in [9.17, 15) is 15.0 Å². The Morgan fingerprint density at radius 3 is 2.30 bits per heavy atom. The first kappa shape index (κ1) is 13.4. The van der Waals surface area contributed by atoms with Gasteiger partial charge < -0.3 is 19.9 Å². The van der Waals surface area contributed by atoms with Crippen LogP contribution < -0.4 is 5.11 Å². The minimum Gasteiger partial charge on any atom is -0.530 e. The van der Waals surface area contributed by atoms with Crippen molar-refractivity contribution in [2.75, 3.05) is 26.2 Å². The molecule has 1 aromatic carbocycles. The van der Waals surface area contributed by atoms with Crippen LogP contribution in [0.5, 0.6) is 0 Å². The topological polar surface area (TPSA) is 66.8 Å². The van der Waals surface area contributed by atoms with E-state index in [1.807, 2.05) is 18.2 Å². The lowest BCUT2D eigenvalue weighted by atomic mass is 9.81. The molecule has 0 spiro atoms. The Bertz CT molecular complexity index is 463. The number of hydrogen-bond donors (Lipinski definition) is 1. The maximum atomic E-state index is 11.0. The molecule has 0 aliphatic carbocycles. The van der Waals surface area contributed by atoms with Gasteiger partial charge in [-0.1, -0.05) is 30.3 Å². The number of piperidine rings is 2. The van der Waals surface area contributed by atoms with Crippen LogP contribution in [0.25, 0.3) is 0 Å². The molecule has 2 unspecified atom stereocenters. The number of carbonyl (C=O) groups is 1. The number of benzene rings is 1. The zero-order chi connectivity index (χ0) is 14.1. The van der Waals surface area contributed by atoms with Crippen LogP contribution in [-0.4, -0.2) is 53.3 Å². The summed E-state index contributed by atoms with van der Waals surface area (Å²) in [6.45, 7) is 3.08. The second-order valence-corrected chi connectivity index (χ2v) is 5.86. The fourth-order valence-electron chi connectivity index (χ4n) is 3.43. The lowest BCUT2D eigenvalue weighted by Crippen LogP contribution is -2.62. The number of aliphatic hydroxyl groups excluding tert-OH is 1. The zero-order valence-electron chi connectivity index (χ0n) is 11.3. The van der Waals surface area contributed by atoms with Crippen molar-refractivity contribution >= 4 is 6.09 Å². The predicted octanol–water partition coefficient (Wildman–Crippen LogP) is -0.246. The van der Waals surface area contributed by atoms with Crippen LogP contribution in [0.3, 0.4) is 0 Å². The molecule has 1 N–H and O–H groups in total. The molecule has 3 rings (SSSR count). The molecule has 2 fully saturated rings. The van der Waals surface area contributed by atoms with Gasteiger partial charge in [0.1, 0.15) is 6.09 Å². The third-order valence-electron chi connectivity index (χ3n) is 4.37. The normalized spacial score (nSPS) is 30.2. The van der Waals surface area contributed by atoms with Crippen molar-refractivity contribution in [1.82, 2.24) is 9.80 Å². The lowest BCUT2D eigenvalue weighted by Gasteiger charge is -2.49. The Hall–Kier alpha value is -1.59. The molecule has 2 aliphatic rings. The number of carboxylic acid groups (broad SMARTS) is 1. The number of likely N-dealkylation sites (tertiary alicyclic amines) is 2. The molecule has 1 aromatic rings. The van der Waals surface area contributed by atoms with Crippen LogP contribution in [0, 0.1) is 11.8 Å². The summed E-state index contributed by atoms with van der Waals surface area (Å²) in [6.07, 6.45) is -1.51. The molecule has 2 saturated heterocycles. The van der Waals surface area contributed by atoms with E-state index in [0.717, 1.165) is 19.6 Å². The predicted molar refractivity (Wildman–Crippen MR) is 71.7 cm³/mol. The van der Waals surface area contributed by atoms with E-state index < -0.39 is 12.2 Å². The molecule has 108 valence electrons. The average molecular weight is 275 g/mol. The van der Waals surface area contributed by atoms with Crippen molar-refractivity contribution in [3.8, 4) is 0 Å². The average Bonchev–Trinajstić information content (AvgIpc) is 2.40. The van der Waals surface area contributed by atoms with E-state index in [0.29, 0.717) is 13.1 Å².